The van der Waals surface area contributed by atoms with Gasteiger partial charge in [-0.3, -0.25) is 9.78 Å². The van der Waals surface area contributed by atoms with E-state index in [0.717, 1.165) is 5.56 Å². The molecule has 2 aromatic rings. The first-order chi connectivity index (χ1) is 9.66. The van der Waals surface area contributed by atoms with Crippen LogP contribution in [0, 0.1) is 0 Å². The molecule has 2 rings (SSSR count). The van der Waals surface area contributed by atoms with Gasteiger partial charge in [-0.15, -0.1) is 0 Å². The van der Waals surface area contributed by atoms with Crippen molar-refractivity contribution in [3.63, 3.8) is 0 Å². The molecule has 0 radical (unpaired) electrons. The zero-order valence-corrected chi connectivity index (χ0v) is 10.7. The van der Waals surface area contributed by atoms with Gasteiger partial charge in [0.2, 0.25) is 0 Å². The Morgan fingerprint density at radius 2 is 1.75 bits per heavy atom. The molecule has 20 heavy (non-hydrogen) atoms. The van der Waals surface area contributed by atoms with E-state index in [-0.39, 0.29) is 6.42 Å². The van der Waals surface area contributed by atoms with Crippen molar-refractivity contribution in [1.29, 1.82) is 0 Å². The lowest BCUT2D eigenvalue weighted by molar-refractivity contribution is -0.139. The minimum atomic E-state index is -1.06. The Kier molecular flexibility index (Phi) is 4.44. The first-order valence-corrected chi connectivity index (χ1v) is 6.14. The molecular formula is C15H14N2O3. The van der Waals surface area contributed by atoms with Gasteiger partial charge in [-0.1, -0.05) is 18.2 Å². The fourth-order valence-corrected chi connectivity index (χ4v) is 1.79. The fourth-order valence-electron chi connectivity index (χ4n) is 1.79. The van der Waals surface area contributed by atoms with E-state index in [4.69, 9.17) is 0 Å². The number of hydrogen-bond donors (Lipinski definition) is 2. The van der Waals surface area contributed by atoms with Crippen LogP contribution in [0.3, 0.4) is 0 Å². The van der Waals surface area contributed by atoms with Crippen LogP contribution < -0.4 is 5.32 Å². The summed E-state index contributed by atoms with van der Waals surface area (Å²) < 4.78 is 0. The second-order valence-corrected chi connectivity index (χ2v) is 4.29. The van der Waals surface area contributed by atoms with Crippen molar-refractivity contribution in [2.45, 2.75) is 12.5 Å². The first-order valence-electron chi connectivity index (χ1n) is 6.14. The van der Waals surface area contributed by atoms with Gasteiger partial charge in [0, 0.05) is 24.4 Å². The summed E-state index contributed by atoms with van der Waals surface area (Å²) in [6.07, 6.45) is 3.40. The minimum absolute atomic E-state index is 0.219. The van der Waals surface area contributed by atoms with E-state index < -0.39 is 17.9 Å². The van der Waals surface area contributed by atoms with E-state index >= 15 is 0 Å². The number of hydrogen-bond acceptors (Lipinski definition) is 3. The monoisotopic (exact) mass is 270 g/mol. The maximum Gasteiger partial charge on any atom is 0.326 e. The second-order valence-electron chi connectivity index (χ2n) is 4.29. The van der Waals surface area contributed by atoms with Crippen LogP contribution >= 0.6 is 0 Å². The third-order valence-corrected chi connectivity index (χ3v) is 2.83. The molecule has 5 nitrogen and oxygen atoms in total. The van der Waals surface area contributed by atoms with Crippen molar-refractivity contribution in [3.8, 4) is 0 Å². The number of carbonyl (C=O) groups is 2. The molecule has 1 unspecified atom stereocenters. The fraction of sp³-hybridized carbons (Fsp3) is 0.133. The van der Waals surface area contributed by atoms with Crippen LogP contribution in [0.25, 0.3) is 0 Å². The Morgan fingerprint density at radius 3 is 2.35 bits per heavy atom. The highest BCUT2D eigenvalue weighted by Gasteiger charge is 2.20. The molecule has 2 N–H and O–H groups in total. The number of nitrogens with one attached hydrogen (secondary N) is 1. The summed E-state index contributed by atoms with van der Waals surface area (Å²) in [7, 11) is 0. The number of aromatic nitrogens is 1. The molecule has 1 atom stereocenters. The number of carboxylic acid groups (broad SMARTS) is 1. The highest BCUT2D eigenvalue weighted by molar-refractivity contribution is 5.96. The van der Waals surface area contributed by atoms with Crippen molar-refractivity contribution in [2.75, 3.05) is 0 Å². The van der Waals surface area contributed by atoms with Crippen LogP contribution in [0.4, 0.5) is 0 Å². The minimum Gasteiger partial charge on any atom is -0.480 e. The molecule has 0 bridgehead atoms. The maximum absolute atomic E-state index is 12.0. The SMILES string of the molecule is O=C(NC(Cc1ccncc1)C(=O)O)c1ccccc1. The highest BCUT2D eigenvalue weighted by atomic mass is 16.4. The van der Waals surface area contributed by atoms with E-state index in [9.17, 15) is 14.7 Å². The van der Waals surface area contributed by atoms with Gasteiger partial charge >= 0.3 is 5.97 Å². The molecule has 1 amide bonds. The number of carbonyl (C=O) groups excluding carboxylic acids is 1. The predicted molar refractivity (Wildman–Crippen MR) is 73.3 cm³/mol. The third-order valence-electron chi connectivity index (χ3n) is 2.83. The molecule has 0 fully saturated rings. The average molecular weight is 270 g/mol. The molecule has 1 aromatic heterocycles. The summed E-state index contributed by atoms with van der Waals surface area (Å²) in [6.45, 7) is 0. The van der Waals surface area contributed by atoms with Gasteiger partial charge in [0.15, 0.2) is 0 Å². The molecule has 0 aliphatic carbocycles. The van der Waals surface area contributed by atoms with E-state index in [1.54, 1.807) is 54.9 Å². The summed E-state index contributed by atoms with van der Waals surface area (Å²) in [4.78, 5) is 27.1. The van der Waals surface area contributed by atoms with E-state index in [2.05, 4.69) is 10.3 Å². The van der Waals surface area contributed by atoms with Crippen molar-refractivity contribution < 1.29 is 14.7 Å². The number of nitrogens with zero attached hydrogens (tertiary/aromatic N) is 1. The zero-order chi connectivity index (χ0) is 14.4. The van der Waals surface area contributed by atoms with Gasteiger partial charge in [0.1, 0.15) is 6.04 Å². The van der Waals surface area contributed by atoms with Gasteiger partial charge in [-0.25, -0.2) is 4.79 Å². The number of carboxylic acids is 1. The Hall–Kier alpha value is -2.69. The largest absolute Gasteiger partial charge is 0.480 e. The number of aliphatic carboxylic acids is 1. The van der Waals surface area contributed by atoms with Gasteiger partial charge in [0.25, 0.3) is 5.91 Å². The summed E-state index contributed by atoms with van der Waals surface area (Å²) >= 11 is 0. The topological polar surface area (TPSA) is 79.3 Å². The smallest absolute Gasteiger partial charge is 0.326 e. The molecule has 1 heterocycles. The average Bonchev–Trinajstić information content (AvgIpc) is 2.48. The highest BCUT2D eigenvalue weighted by Crippen LogP contribution is 2.04. The molecule has 5 heteroatoms. The van der Waals surface area contributed by atoms with Crippen molar-refractivity contribution in [3.05, 3.63) is 66.0 Å². The van der Waals surface area contributed by atoms with Crippen molar-refractivity contribution in [1.82, 2.24) is 10.3 Å². The van der Waals surface area contributed by atoms with Crippen LogP contribution in [-0.2, 0) is 11.2 Å². The van der Waals surface area contributed by atoms with Gasteiger partial charge < -0.3 is 10.4 Å². The van der Waals surface area contributed by atoms with Crippen LogP contribution in [0.5, 0.6) is 0 Å². The van der Waals surface area contributed by atoms with Crippen LogP contribution in [-0.4, -0.2) is 28.0 Å². The maximum atomic E-state index is 12.0. The zero-order valence-electron chi connectivity index (χ0n) is 10.7. The first kappa shape index (κ1) is 13.7. The lowest BCUT2D eigenvalue weighted by Crippen LogP contribution is -2.42. The third kappa shape index (κ3) is 3.65. The number of benzene rings is 1. The quantitative estimate of drug-likeness (QED) is 0.863. The van der Waals surface area contributed by atoms with Gasteiger partial charge in [-0.2, -0.15) is 0 Å². The lowest BCUT2D eigenvalue weighted by atomic mass is 10.1. The van der Waals surface area contributed by atoms with Gasteiger partial charge in [0.05, 0.1) is 0 Å². The van der Waals surface area contributed by atoms with E-state index in [1.807, 2.05) is 0 Å². The molecule has 0 aliphatic heterocycles. The van der Waals surface area contributed by atoms with E-state index in [0.29, 0.717) is 5.56 Å². The van der Waals surface area contributed by atoms with Crippen LogP contribution in [0.2, 0.25) is 0 Å². The number of rotatable bonds is 5. The molecule has 0 spiro atoms. The molecular weight excluding hydrogens is 256 g/mol. The van der Waals surface area contributed by atoms with Gasteiger partial charge in [-0.05, 0) is 29.8 Å². The molecule has 0 aliphatic rings. The summed E-state index contributed by atoms with van der Waals surface area (Å²) in [5.41, 5.74) is 1.24. The van der Waals surface area contributed by atoms with Crippen LogP contribution in [0.15, 0.2) is 54.9 Å². The number of amides is 1. The molecule has 102 valence electrons. The summed E-state index contributed by atoms with van der Waals surface area (Å²) in [6, 6.07) is 11.0. The van der Waals surface area contributed by atoms with Crippen LogP contribution in [0.1, 0.15) is 15.9 Å². The summed E-state index contributed by atoms with van der Waals surface area (Å²) in [5.74, 6) is -1.46. The molecule has 1 aromatic carbocycles. The van der Waals surface area contributed by atoms with Crippen molar-refractivity contribution >= 4 is 11.9 Å². The Balaban J connectivity index is 2.07. The molecule has 0 saturated carbocycles. The Bertz CT molecular complexity index is 585. The lowest BCUT2D eigenvalue weighted by Gasteiger charge is -2.14. The van der Waals surface area contributed by atoms with Crippen molar-refractivity contribution in [2.24, 2.45) is 0 Å². The predicted octanol–water partition coefficient (Wildman–Crippen LogP) is 1.51. The standard InChI is InChI=1S/C15H14N2O3/c18-14(12-4-2-1-3-5-12)17-13(15(19)20)10-11-6-8-16-9-7-11/h1-9,13H,10H2,(H,17,18)(H,19,20). The Labute approximate surface area is 116 Å². The summed E-state index contributed by atoms with van der Waals surface area (Å²) in [5, 5.41) is 11.7. The second kappa shape index (κ2) is 6.47. The molecule has 0 saturated heterocycles. The van der Waals surface area contributed by atoms with E-state index in [1.165, 1.54) is 0 Å². The Morgan fingerprint density at radius 1 is 1.10 bits per heavy atom. The number of pyridine rings is 1. The normalized spacial score (nSPS) is 11.6.